The van der Waals surface area contributed by atoms with Crippen molar-refractivity contribution in [3.05, 3.63) is 35.9 Å². The summed E-state index contributed by atoms with van der Waals surface area (Å²) in [6.45, 7) is 4.71. The Morgan fingerprint density at radius 1 is 1.33 bits per heavy atom. The Morgan fingerprint density at radius 3 is 2.60 bits per heavy atom. The highest BCUT2D eigenvalue weighted by molar-refractivity contribution is 5.78. The monoisotopic (exact) mass is 205 g/mol. The van der Waals surface area contributed by atoms with E-state index in [2.05, 4.69) is 17.4 Å². The number of benzene rings is 1. The van der Waals surface area contributed by atoms with Crippen LogP contribution in [-0.2, 0) is 11.2 Å². The maximum Gasteiger partial charge on any atom is 0.222 e. The van der Waals surface area contributed by atoms with Crippen LogP contribution in [0.25, 0.3) is 0 Å². The van der Waals surface area contributed by atoms with Gasteiger partial charge in [0.05, 0.1) is 0 Å². The van der Waals surface area contributed by atoms with Crippen LogP contribution in [0.1, 0.15) is 25.8 Å². The van der Waals surface area contributed by atoms with Gasteiger partial charge in [-0.25, -0.2) is 0 Å². The summed E-state index contributed by atoms with van der Waals surface area (Å²) in [7, 11) is 0. The molecule has 1 rings (SSSR count). The minimum absolute atomic E-state index is 0.126. The Morgan fingerprint density at radius 2 is 2.00 bits per heavy atom. The summed E-state index contributed by atoms with van der Waals surface area (Å²) in [4.78, 5) is 11.5. The van der Waals surface area contributed by atoms with Crippen LogP contribution in [0.4, 0.5) is 0 Å². The normalized spacial score (nSPS) is 12.1. The number of amides is 1. The van der Waals surface area contributed by atoms with Crippen molar-refractivity contribution in [2.24, 2.45) is 5.92 Å². The quantitative estimate of drug-likeness (QED) is 0.785. The predicted molar refractivity (Wildman–Crippen MR) is 62.6 cm³/mol. The van der Waals surface area contributed by atoms with E-state index in [9.17, 15) is 4.79 Å². The van der Waals surface area contributed by atoms with Gasteiger partial charge in [0.2, 0.25) is 5.91 Å². The van der Waals surface area contributed by atoms with Gasteiger partial charge in [-0.3, -0.25) is 4.79 Å². The van der Waals surface area contributed by atoms with Crippen LogP contribution < -0.4 is 5.32 Å². The highest BCUT2D eigenvalue weighted by atomic mass is 16.1. The summed E-state index contributed by atoms with van der Waals surface area (Å²) in [6.07, 6.45) is 1.81. The molecule has 1 unspecified atom stereocenters. The smallest absolute Gasteiger partial charge is 0.222 e. The maximum absolute atomic E-state index is 11.5. The second kappa shape index (κ2) is 6.23. The van der Waals surface area contributed by atoms with E-state index in [-0.39, 0.29) is 11.8 Å². The van der Waals surface area contributed by atoms with Crippen molar-refractivity contribution >= 4 is 5.91 Å². The molecule has 1 amide bonds. The standard InChI is InChI=1S/C13H19NO/c1-3-11(2)13(15)14-10-9-12-7-5-4-6-8-12/h4-8,11H,3,9-10H2,1-2H3,(H,14,15). The van der Waals surface area contributed by atoms with E-state index in [4.69, 9.17) is 0 Å². The number of hydrogen-bond donors (Lipinski definition) is 1. The molecule has 2 heteroatoms. The van der Waals surface area contributed by atoms with Gasteiger partial charge in [-0.1, -0.05) is 44.2 Å². The summed E-state index contributed by atoms with van der Waals surface area (Å²) < 4.78 is 0. The van der Waals surface area contributed by atoms with E-state index < -0.39 is 0 Å². The molecule has 0 radical (unpaired) electrons. The lowest BCUT2D eigenvalue weighted by Gasteiger charge is -2.09. The molecule has 1 aromatic rings. The molecule has 0 saturated carbocycles. The van der Waals surface area contributed by atoms with Crippen molar-refractivity contribution in [1.29, 1.82) is 0 Å². The van der Waals surface area contributed by atoms with Crippen molar-refractivity contribution in [3.63, 3.8) is 0 Å². The molecule has 0 aliphatic rings. The van der Waals surface area contributed by atoms with Gasteiger partial charge >= 0.3 is 0 Å². The van der Waals surface area contributed by atoms with E-state index in [1.165, 1.54) is 5.56 Å². The number of nitrogens with one attached hydrogen (secondary N) is 1. The molecule has 0 fully saturated rings. The minimum atomic E-state index is 0.126. The Kier molecular flexibility index (Phi) is 4.88. The zero-order valence-electron chi connectivity index (χ0n) is 9.49. The average molecular weight is 205 g/mol. The van der Waals surface area contributed by atoms with Crippen LogP contribution in [0.2, 0.25) is 0 Å². The zero-order valence-corrected chi connectivity index (χ0v) is 9.49. The Labute approximate surface area is 91.7 Å². The van der Waals surface area contributed by atoms with Crippen LogP contribution in [0, 0.1) is 5.92 Å². The fraction of sp³-hybridized carbons (Fsp3) is 0.462. The predicted octanol–water partition coefficient (Wildman–Crippen LogP) is 2.39. The molecule has 0 aromatic heterocycles. The van der Waals surface area contributed by atoms with Gasteiger partial charge in [-0.2, -0.15) is 0 Å². The van der Waals surface area contributed by atoms with Crippen molar-refractivity contribution in [2.75, 3.05) is 6.54 Å². The Hall–Kier alpha value is -1.31. The SMILES string of the molecule is CCC(C)C(=O)NCCc1ccccc1. The Balaban J connectivity index is 2.25. The topological polar surface area (TPSA) is 29.1 Å². The highest BCUT2D eigenvalue weighted by Gasteiger charge is 2.08. The van der Waals surface area contributed by atoms with Gasteiger partial charge in [0.1, 0.15) is 0 Å². The van der Waals surface area contributed by atoms with Crippen LogP contribution in [0.3, 0.4) is 0 Å². The molecule has 0 saturated heterocycles. The summed E-state index contributed by atoms with van der Waals surface area (Å²) in [5, 5.41) is 2.94. The lowest BCUT2D eigenvalue weighted by Crippen LogP contribution is -2.30. The molecular formula is C13H19NO. The first-order valence-electron chi connectivity index (χ1n) is 5.55. The molecule has 1 N–H and O–H groups in total. The van der Waals surface area contributed by atoms with Crippen molar-refractivity contribution < 1.29 is 4.79 Å². The molecule has 15 heavy (non-hydrogen) atoms. The molecule has 0 bridgehead atoms. The van der Waals surface area contributed by atoms with E-state index in [1.54, 1.807) is 0 Å². The Bertz CT molecular complexity index is 295. The number of carbonyl (C=O) groups is 1. The molecule has 0 heterocycles. The van der Waals surface area contributed by atoms with Crippen LogP contribution in [0.15, 0.2) is 30.3 Å². The first-order valence-corrected chi connectivity index (χ1v) is 5.55. The molecule has 0 aliphatic carbocycles. The number of hydrogen-bond acceptors (Lipinski definition) is 1. The van der Waals surface area contributed by atoms with Gasteiger partial charge < -0.3 is 5.32 Å². The average Bonchev–Trinajstić information content (AvgIpc) is 2.29. The molecule has 0 spiro atoms. The first kappa shape index (κ1) is 11.8. The molecule has 82 valence electrons. The fourth-order valence-electron chi connectivity index (χ4n) is 1.33. The molecule has 1 atom stereocenters. The third-order valence-electron chi connectivity index (χ3n) is 2.62. The van der Waals surface area contributed by atoms with Gasteiger partial charge in [0, 0.05) is 12.5 Å². The molecule has 1 aromatic carbocycles. The summed E-state index contributed by atoms with van der Waals surface area (Å²) >= 11 is 0. The van der Waals surface area contributed by atoms with Gasteiger partial charge in [0.15, 0.2) is 0 Å². The molecule has 2 nitrogen and oxygen atoms in total. The van der Waals surface area contributed by atoms with Crippen molar-refractivity contribution in [1.82, 2.24) is 5.32 Å². The van der Waals surface area contributed by atoms with Crippen molar-refractivity contribution in [3.8, 4) is 0 Å². The highest BCUT2D eigenvalue weighted by Crippen LogP contribution is 2.01. The lowest BCUT2D eigenvalue weighted by molar-refractivity contribution is -0.124. The molecular weight excluding hydrogens is 186 g/mol. The van der Waals surface area contributed by atoms with Crippen molar-refractivity contribution in [2.45, 2.75) is 26.7 Å². The van der Waals surface area contributed by atoms with E-state index in [0.717, 1.165) is 19.4 Å². The summed E-state index contributed by atoms with van der Waals surface area (Å²) in [5.41, 5.74) is 1.27. The third-order valence-corrected chi connectivity index (χ3v) is 2.62. The number of carbonyl (C=O) groups excluding carboxylic acids is 1. The van der Waals surface area contributed by atoms with E-state index in [1.807, 2.05) is 32.0 Å². The van der Waals surface area contributed by atoms with Gasteiger partial charge in [-0.15, -0.1) is 0 Å². The summed E-state index contributed by atoms with van der Waals surface area (Å²) in [5.74, 6) is 0.286. The number of rotatable bonds is 5. The van der Waals surface area contributed by atoms with Crippen LogP contribution in [0.5, 0.6) is 0 Å². The summed E-state index contributed by atoms with van der Waals surface area (Å²) in [6, 6.07) is 10.2. The largest absolute Gasteiger partial charge is 0.356 e. The second-order valence-electron chi connectivity index (χ2n) is 3.84. The minimum Gasteiger partial charge on any atom is -0.356 e. The third kappa shape index (κ3) is 4.15. The fourth-order valence-corrected chi connectivity index (χ4v) is 1.33. The zero-order chi connectivity index (χ0) is 11.1. The van der Waals surface area contributed by atoms with E-state index in [0.29, 0.717) is 0 Å². The first-order chi connectivity index (χ1) is 7.24. The van der Waals surface area contributed by atoms with Gasteiger partial charge in [0.25, 0.3) is 0 Å². The van der Waals surface area contributed by atoms with E-state index >= 15 is 0 Å². The lowest BCUT2D eigenvalue weighted by atomic mass is 10.1. The van der Waals surface area contributed by atoms with Gasteiger partial charge in [-0.05, 0) is 18.4 Å². The molecule has 0 aliphatic heterocycles. The van der Waals surface area contributed by atoms with Crippen LogP contribution in [-0.4, -0.2) is 12.5 Å². The second-order valence-corrected chi connectivity index (χ2v) is 3.84. The van der Waals surface area contributed by atoms with Crippen LogP contribution >= 0.6 is 0 Å². The maximum atomic E-state index is 11.5.